The molecule has 0 aromatic heterocycles. The van der Waals surface area contributed by atoms with Crippen molar-refractivity contribution < 1.29 is 14.6 Å². The maximum Gasteiger partial charge on any atom is 0.122 e. The van der Waals surface area contributed by atoms with Crippen molar-refractivity contribution in [3.8, 4) is 5.75 Å². The van der Waals surface area contributed by atoms with Crippen molar-refractivity contribution in [1.29, 1.82) is 0 Å². The molecule has 0 saturated carbocycles. The van der Waals surface area contributed by atoms with E-state index in [1.54, 1.807) is 12.7 Å². The molecule has 0 amide bonds. The first-order valence-electron chi connectivity index (χ1n) is 19.5. The highest BCUT2D eigenvalue weighted by molar-refractivity contribution is 5.89. The molecule has 1 aliphatic heterocycles. The Balaban J connectivity index is 1.11. The summed E-state index contributed by atoms with van der Waals surface area (Å²) in [6.45, 7) is 10.8. The molecular weight excluding hydrogens is 629 g/mol. The molecule has 51 heavy (non-hydrogen) atoms. The second-order valence-corrected chi connectivity index (χ2v) is 17.3. The number of nitrogens with one attached hydrogen (secondary N) is 1. The van der Waals surface area contributed by atoms with Gasteiger partial charge in [-0.05, 0) is 99.6 Å². The lowest BCUT2D eigenvalue weighted by atomic mass is 9.56. The Morgan fingerprint density at radius 2 is 1.76 bits per heavy atom. The average Bonchev–Trinajstić information content (AvgIpc) is 3.13. The Morgan fingerprint density at radius 1 is 0.922 bits per heavy atom. The Morgan fingerprint density at radius 3 is 2.53 bits per heavy atom. The smallest absolute Gasteiger partial charge is 0.122 e. The van der Waals surface area contributed by atoms with Crippen LogP contribution >= 0.6 is 0 Å². The Bertz CT molecular complexity index is 1820. The number of allylic oxidation sites excluding steroid dienone is 10. The van der Waals surface area contributed by atoms with Crippen molar-refractivity contribution in [1.82, 2.24) is 5.32 Å². The van der Waals surface area contributed by atoms with Crippen molar-refractivity contribution in [2.75, 3.05) is 7.11 Å². The second kappa shape index (κ2) is 13.3. The summed E-state index contributed by atoms with van der Waals surface area (Å²) in [5, 5.41) is 15.5. The summed E-state index contributed by atoms with van der Waals surface area (Å²) in [7, 11) is 1.79. The molecule has 1 aromatic carbocycles. The number of ether oxygens (including phenoxy) is 2. The van der Waals surface area contributed by atoms with Crippen molar-refractivity contribution in [3.63, 3.8) is 0 Å². The van der Waals surface area contributed by atoms with E-state index in [2.05, 4.69) is 125 Å². The number of nitrogens with zero attached hydrogens (tertiary/aromatic N) is 1. The highest BCUT2D eigenvalue weighted by Crippen LogP contribution is 2.56. The number of benzene rings is 1. The summed E-state index contributed by atoms with van der Waals surface area (Å²) in [6.07, 6.45) is 31.5. The number of hydrogen-bond acceptors (Lipinski definition) is 5. The number of methoxy groups -OCH3 is 1. The van der Waals surface area contributed by atoms with E-state index in [0.717, 1.165) is 55.1 Å². The molecule has 0 saturated heterocycles. The van der Waals surface area contributed by atoms with Gasteiger partial charge in [-0.15, -0.1) is 0 Å². The predicted octanol–water partition coefficient (Wildman–Crippen LogP) is 9.69. The molecule has 2 N–H and O–H groups in total. The number of amidine groups is 1. The number of para-hydroxylation sites is 1. The fourth-order valence-electron chi connectivity index (χ4n) is 9.49. The first-order chi connectivity index (χ1) is 24.5. The Kier molecular flexibility index (Phi) is 8.93. The molecule has 5 heteroatoms. The van der Waals surface area contributed by atoms with E-state index < -0.39 is 6.10 Å². The zero-order chi connectivity index (χ0) is 35.5. The monoisotopic (exact) mass is 684 g/mol. The van der Waals surface area contributed by atoms with Crippen LogP contribution in [-0.2, 0) is 4.74 Å². The van der Waals surface area contributed by atoms with E-state index in [1.807, 2.05) is 6.08 Å². The van der Waals surface area contributed by atoms with Crippen LogP contribution in [0.2, 0.25) is 0 Å². The van der Waals surface area contributed by atoms with Gasteiger partial charge in [-0.3, -0.25) is 4.99 Å². The van der Waals surface area contributed by atoms with Crippen LogP contribution in [0.1, 0.15) is 84.6 Å². The minimum atomic E-state index is -0.694. The van der Waals surface area contributed by atoms with Gasteiger partial charge in [0.15, 0.2) is 0 Å². The van der Waals surface area contributed by atoms with E-state index in [9.17, 15) is 5.11 Å². The van der Waals surface area contributed by atoms with Gasteiger partial charge < -0.3 is 19.9 Å². The highest BCUT2D eigenvalue weighted by Gasteiger charge is 2.47. The third-order valence-electron chi connectivity index (χ3n) is 13.3. The highest BCUT2D eigenvalue weighted by atomic mass is 16.5. The zero-order valence-electron chi connectivity index (χ0n) is 31.3. The number of aliphatic imine (C=N–C) groups is 1. The molecule has 0 fully saturated rings. The summed E-state index contributed by atoms with van der Waals surface area (Å²) in [6, 6.07) is 8.64. The normalized spacial score (nSPS) is 34.1. The van der Waals surface area contributed by atoms with Crippen LogP contribution in [0.25, 0.3) is 0 Å². The minimum Gasteiger partial charge on any atom is -0.496 e. The molecule has 9 atom stereocenters. The number of aliphatic hydroxyl groups excluding tert-OH is 1. The molecule has 268 valence electrons. The molecule has 0 spiro atoms. The molecule has 0 radical (unpaired) electrons. The van der Waals surface area contributed by atoms with E-state index in [1.165, 1.54) is 23.1 Å². The third kappa shape index (κ3) is 6.24. The molecular formula is C46H56N2O3. The second-order valence-electron chi connectivity index (χ2n) is 17.3. The average molecular weight is 685 g/mol. The van der Waals surface area contributed by atoms with Gasteiger partial charge in [0.05, 0.1) is 19.3 Å². The van der Waals surface area contributed by atoms with Crippen molar-refractivity contribution in [2.45, 2.75) is 96.8 Å². The molecule has 6 aliphatic carbocycles. The van der Waals surface area contributed by atoms with E-state index >= 15 is 0 Å². The summed E-state index contributed by atoms with van der Waals surface area (Å²) in [5.41, 5.74) is 6.49. The summed E-state index contributed by atoms with van der Waals surface area (Å²) in [5.74, 6) is 4.71. The molecule has 0 bridgehead atoms. The molecule has 8 rings (SSSR count). The quantitative estimate of drug-likeness (QED) is 0.281. The zero-order valence-corrected chi connectivity index (χ0v) is 31.3. The van der Waals surface area contributed by atoms with Gasteiger partial charge in [0.25, 0.3) is 0 Å². The summed E-state index contributed by atoms with van der Waals surface area (Å²) in [4.78, 5) is 5.55. The van der Waals surface area contributed by atoms with Crippen LogP contribution in [0.3, 0.4) is 0 Å². The number of rotatable bonds is 7. The van der Waals surface area contributed by atoms with Gasteiger partial charge in [0, 0.05) is 46.3 Å². The van der Waals surface area contributed by atoms with Crippen LogP contribution in [0.4, 0.5) is 0 Å². The molecule has 5 nitrogen and oxygen atoms in total. The van der Waals surface area contributed by atoms with Gasteiger partial charge in [0.1, 0.15) is 22.9 Å². The standard InChI is InChI=1S/C46H56N2O3/c1-45(2,3)46(4,5)51-31-20-25-37(40(49)26-31)39-27-38(28-12-8-7-9-13-28)47-44(48-39)36-24-19-30-17-22-34-32(33-14-10-11-15-41(33)50-6)21-16-29-18-23-35(36)43(30)42(29)34/h8,10-12,14-15,17-20,22-23,25-29,32,35-38,40,43,49H,7,9,13,16,21,24H2,1-6H3,(H,47,48). The minimum absolute atomic E-state index is 0.0474. The largest absolute Gasteiger partial charge is 0.496 e. The first kappa shape index (κ1) is 34.3. The van der Waals surface area contributed by atoms with Crippen LogP contribution in [0.15, 0.2) is 124 Å². The molecule has 9 unspecified atom stereocenters. The van der Waals surface area contributed by atoms with Crippen molar-refractivity contribution >= 4 is 5.84 Å². The van der Waals surface area contributed by atoms with Crippen LogP contribution in [0.5, 0.6) is 5.75 Å². The summed E-state index contributed by atoms with van der Waals surface area (Å²) < 4.78 is 12.3. The molecule has 7 aliphatic rings. The van der Waals surface area contributed by atoms with Crippen LogP contribution in [0, 0.1) is 40.9 Å². The lowest BCUT2D eigenvalue weighted by Crippen LogP contribution is -2.47. The lowest BCUT2D eigenvalue weighted by Gasteiger charge is -2.48. The van der Waals surface area contributed by atoms with Gasteiger partial charge in [-0.25, -0.2) is 0 Å². The van der Waals surface area contributed by atoms with Crippen molar-refractivity contribution in [3.05, 3.63) is 125 Å². The molecule has 1 heterocycles. The van der Waals surface area contributed by atoms with E-state index in [0.29, 0.717) is 29.6 Å². The van der Waals surface area contributed by atoms with Gasteiger partial charge in [0.2, 0.25) is 0 Å². The predicted molar refractivity (Wildman–Crippen MR) is 207 cm³/mol. The number of aliphatic hydroxyl groups is 1. The summed E-state index contributed by atoms with van der Waals surface area (Å²) >= 11 is 0. The molecule has 1 aromatic rings. The van der Waals surface area contributed by atoms with Gasteiger partial charge in [-0.2, -0.15) is 0 Å². The topological polar surface area (TPSA) is 63.1 Å². The Labute approximate surface area is 305 Å². The van der Waals surface area contributed by atoms with Crippen LogP contribution < -0.4 is 10.1 Å². The van der Waals surface area contributed by atoms with E-state index in [-0.39, 0.29) is 28.9 Å². The fourth-order valence-corrected chi connectivity index (χ4v) is 9.49. The number of hydrogen-bond donors (Lipinski definition) is 2. The SMILES string of the molecule is COc1ccccc1C1CCC2C=CC3C(C4=NC(C5C=CCCC5)C=C(C5C=CC(OC(C)(C)C(C)(C)C)=CC5O)N4)CC=C4C=CC1=C2C43. The van der Waals surface area contributed by atoms with Crippen LogP contribution in [-0.4, -0.2) is 35.8 Å². The maximum absolute atomic E-state index is 11.6. The van der Waals surface area contributed by atoms with Gasteiger partial charge in [-0.1, -0.05) is 93.2 Å². The first-order valence-corrected chi connectivity index (χ1v) is 19.5. The Hall–Kier alpha value is -3.83. The maximum atomic E-state index is 11.6. The van der Waals surface area contributed by atoms with Crippen molar-refractivity contribution in [2.24, 2.45) is 45.9 Å². The fraction of sp³-hybridized carbons (Fsp3) is 0.500. The van der Waals surface area contributed by atoms with E-state index in [4.69, 9.17) is 14.5 Å². The third-order valence-corrected chi connectivity index (χ3v) is 13.3. The van der Waals surface area contributed by atoms with Gasteiger partial charge >= 0.3 is 0 Å². The lowest BCUT2D eigenvalue weighted by molar-refractivity contribution is -0.0497.